The molecule has 2 atom stereocenters. The molecule has 98 valence electrons. The number of H-pyrrole nitrogens is 1. The summed E-state index contributed by atoms with van der Waals surface area (Å²) in [6.07, 6.45) is 6.10. The molecular formula is C16H18N2O. The van der Waals surface area contributed by atoms with Crippen molar-refractivity contribution in [2.75, 3.05) is 7.05 Å². The fraction of sp³-hybridized carbons (Fsp3) is 0.312. The van der Waals surface area contributed by atoms with Gasteiger partial charge in [-0.2, -0.15) is 0 Å². The van der Waals surface area contributed by atoms with Crippen LogP contribution in [0, 0.1) is 0 Å². The Labute approximate surface area is 112 Å². The largest absolute Gasteiger partial charge is 0.361 e. The molecule has 0 aliphatic heterocycles. The first-order chi connectivity index (χ1) is 9.24. The van der Waals surface area contributed by atoms with Gasteiger partial charge in [0.1, 0.15) is 6.29 Å². The Bertz CT molecular complexity index is 654. The van der Waals surface area contributed by atoms with E-state index in [1.165, 1.54) is 22.0 Å². The summed E-state index contributed by atoms with van der Waals surface area (Å²) in [6, 6.07) is 6.69. The van der Waals surface area contributed by atoms with E-state index in [1.807, 2.05) is 14.0 Å². The van der Waals surface area contributed by atoms with Crippen molar-refractivity contribution in [3.8, 4) is 0 Å². The van der Waals surface area contributed by atoms with Crippen LogP contribution in [-0.4, -0.2) is 24.4 Å². The van der Waals surface area contributed by atoms with E-state index in [0.717, 1.165) is 18.3 Å². The molecule has 0 radical (unpaired) electrons. The van der Waals surface area contributed by atoms with Gasteiger partial charge >= 0.3 is 0 Å². The zero-order chi connectivity index (χ0) is 13.4. The van der Waals surface area contributed by atoms with Crippen LogP contribution in [0.4, 0.5) is 0 Å². The molecule has 3 heteroatoms. The number of rotatable bonds is 3. The Kier molecular flexibility index (Phi) is 2.99. The van der Waals surface area contributed by atoms with Gasteiger partial charge in [0.2, 0.25) is 0 Å². The Morgan fingerprint density at radius 3 is 3.05 bits per heavy atom. The Hall–Kier alpha value is -1.87. The van der Waals surface area contributed by atoms with Gasteiger partial charge in [-0.1, -0.05) is 18.2 Å². The number of carbonyl (C=O) groups is 1. The van der Waals surface area contributed by atoms with Gasteiger partial charge in [0.15, 0.2) is 0 Å². The second-order valence-electron chi connectivity index (χ2n) is 5.24. The molecule has 19 heavy (non-hydrogen) atoms. The van der Waals surface area contributed by atoms with Crippen LogP contribution in [-0.2, 0) is 11.2 Å². The van der Waals surface area contributed by atoms with E-state index in [0.29, 0.717) is 6.04 Å². The zero-order valence-electron chi connectivity index (χ0n) is 11.2. The molecule has 1 aromatic carbocycles. The summed E-state index contributed by atoms with van der Waals surface area (Å²) in [5.74, 6) is 0.252. The molecule has 2 N–H and O–H groups in total. The van der Waals surface area contributed by atoms with Gasteiger partial charge < -0.3 is 10.3 Å². The van der Waals surface area contributed by atoms with Crippen LogP contribution in [0.5, 0.6) is 0 Å². The normalized spacial score (nSPS) is 22.7. The van der Waals surface area contributed by atoms with Gasteiger partial charge in [-0.3, -0.25) is 4.79 Å². The highest BCUT2D eigenvalue weighted by atomic mass is 16.1. The lowest BCUT2D eigenvalue weighted by Crippen LogP contribution is -2.35. The molecule has 3 rings (SSSR count). The van der Waals surface area contributed by atoms with Crippen LogP contribution < -0.4 is 5.32 Å². The van der Waals surface area contributed by atoms with E-state index in [-0.39, 0.29) is 5.92 Å². The molecule has 3 nitrogen and oxygen atoms in total. The highest BCUT2D eigenvalue weighted by Crippen LogP contribution is 2.37. The average Bonchev–Trinajstić information content (AvgIpc) is 2.86. The van der Waals surface area contributed by atoms with Crippen LogP contribution in [0.1, 0.15) is 24.0 Å². The summed E-state index contributed by atoms with van der Waals surface area (Å²) in [7, 11) is 1.99. The lowest BCUT2D eigenvalue weighted by molar-refractivity contribution is -0.104. The monoisotopic (exact) mass is 254 g/mol. The third kappa shape index (κ3) is 1.90. The maximum absolute atomic E-state index is 10.9. The molecule has 1 aliphatic rings. The van der Waals surface area contributed by atoms with Crippen LogP contribution in [0.3, 0.4) is 0 Å². The van der Waals surface area contributed by atoms with Gasteiger partial charge in [0.25, 0.3) is 0 Å². The lowest BCUT2D eigenvalue weighted by Gasteiger charge is -2.30. The number of hydrogen-bond donors (Lipinski definition) is 2. The second kappa shape index (κ2) is 4.67. The van der Waals surface area contributed by atoms with Gasteiger partial charge in [-0.05, 0) is 43.2 Å². The standard InChI is InChI=1S/C16H18N2O/c1-10(9-19)6-13-12-4-3-5-14-16(12)11(8-18-14)7-15(13)17-2/h3-6,8-9,13,15,17-18H,7H2,1-2H3/b10-6+. The Morgan fingerprint density at radius 2 is 2.32 bits per heavy atom. The SMILES string of the molecule is CNC1Cc2c[nH]c3cccc(c23)C1/C=C(\C)C=O. The molecule has 2 unspecified atom stereocenters. The fourth-order valence-electron chi connectivity index (χ4n) is 3.12. The number of aldehydes is 1. The maximum atomic E-state index is 10.9. The van der Waals surface area contributed by atoms with Crippen LogP contribution >= 0.6 is 0 Å². The number of nitrogens with one attached hydrogen (secondary N) is 2. The van der Waals surface area contributed by atoms with E-state index in [4.69, 9.17) is 0 Å². The molecule has 0 fully saturated rings. The number of allylic oxidation sites excluding steroid dienone is 1. The fourth-order valence-corrected chi connectivity index (χ4v) is 3.12. The number of carbonyl (C=O) groups excluding carboxylic acids is 1. The van der Waals surface area contributed by atoms with Crippen molar-refractivity contribution in [2.24, 2.45) is 0 Å². The van der Waals surface area contributed by atoms with Crippen molar-refractivity contribution >= 4 is 17.2 Å². The first kappa shape index (κ1) is 12.2. The molecule has 1 heterocycles. The van der Waals surface area contributed by atoms with Gasteiger partial charge in [-0.25, -0.2) is 0 Å². The smallest absolute Gasteiger partial charge is 0.145 e. The number of benzene rings is 1. The summed E-state index contributed by atoms with van der Waals surface area (Å²) in [5, 5.41) is 4.71. The zero-order valence-corrected chi connectivity index (χ0v) is 11.2. The summed E-state index contributed by atoms with van der Waals surface area (Å²) >= 11 is 0. The number of aromatic amines is 1. The van der Waals surface area contributed by atoms with E-state index in [2.05, 4.69) is 40.8 Å². The number of aromatic nitrogens is 1. The molecule has 0 amide bonds. The lowest BCUT2D eigenvalue weighted by atomic mass is 9.79. The summed E-state index contributed by atoms with van der Waals surface area (Å²) in [6.45, 7) is 1.87. The highest BCUT2D eigenvalue weighted by Gasteiger charge is 2.28. The highest BCUT2D eigenvalue weighted by molar-refractivity contribution is 5.89. The van der Waals surface area contributed by atoms with Crippen LogP contribution in [0.25, 0.3) is 10.9 Å². The molecule has 0 bridgehead atoms. The minimum atomic E-state index is 0.252. The third-order valence-corrected chi connectivity index (χ3v) is 4.05. The van der Waals surface area contributed by atoms with E-state index < -0.39 is 0 Å². The summed E-state index contributed by atoms with van der Waals surface area (Å²) in [4.78, 5) is 14.3. The van der Waals surface area contributed by atoms with Crippen LogP contribution in [0.2, 0.25) is 0 Å². The Balaban J connectivity index is 2.20. The minimum Gasteiger partial charge on any atom is -0.361 e. The molecule has 2 aromatic rings. The van der Waals surface area contributed by atoms with Crippen molar-refractivity contribution in [3.05, 3.63) is 47.2 Å². The molecule has 1 aliphatic carbocycles. The van der Waals surface area contributed by atoms with Crippen molar-refractivity contribution < 1.29 is 4.79 Å². The van der Waals surface area contributed by atoms with E-state index >= 15 is 0 Å². The first-order valence-corrected chi connectivity index (χ1v) is 6.64. The molecule has 0 saturated carbocycles. The number of hydrogen-bond acceptors (Lipinski definition) is 2. The first-order valence-electron chi connectivity index (χ1n) is 6.64. The molecule has 1 aromatic heterocycles. The summed E-state index contributed by atoms with van der Waals surface area (Å²) < 4.78 is 0. The Morgan fingerprint density at radius 1 is 1.47 bits per heavy atom. The van der Waals surface area contributed by atoms with Crippen molar-refractivity contribution in [1.29, 1.82) is 0 Å². The quantitative estimate of drug-likeness (QED) is 0.653. The predicted octanol–water partition coefficient (Wildman–Crippen LogP) is 2.54. The van der Waals surface area contributed by atoms with E-state index in [9.17, 15) is 4.79 Å². The van der Waals surface area contributed by atoms with E-state index in [1.54, 1.807) is 0 Å². The summed E-state index contributed by atoms with van der Waals surface area (Å²) in [5.41, 5.74) is 4.64. The molecule has 0 spiro atoms. The molecular weight excluding hydrogens is 236 g/mol. The third-order valence-electron chi connectivity index (χ3n) is 4.05. The number of likely N-dealkylation sites (N-methyl/N-ethyl adjacent to an activating group) is 1. The average molecular weight is 254 g/mol. The minimum absolute atomic E-state index is 0.252. The van der Waals surface area contributed by atoms with Crippen molar-refractivity contribution in [2.45, 2.75) is 25.3 Å². The van der Waals surface area contributed by atoms with Gasteiger partial charge in [-0.15, -0.1) is 0 Å². The molecule has 0 saturated heterocycles. The van der Waals surface area contributed by atoms with Crippen molar-refractivity contribution in [1.82, 2.24) is 10.3 Å². The van der Waals surface area contributed by atoms with Crippen LogP contribution in [0.15, 0.2) is 36.0 Å². The van der Waals surface area contributed by atoms with Crippen molar-refractivity contribution in [3.63, 3.8) is 0 Å². The van der Waals surface area contributed by atoms with Gasteiger partial charge in [0, 0.05) is 29.1 Å². The second-order valence-corrected chi connectivity index (χ2v) is 5.24. The predicted molar refractivity (Wildman–Crippen MR) is 77.4 cm³/mol. The topological polar surface area (TPSA) is 44.9 Å². The van der Waals surface area contributed by atoms with Gasteiger partial charge in [0.05, 0.1) is 0 Å². The maximum Gasteiger partial charge on any atom is 0.145 e.